The van der Waals surface area contributed by atoms with Crippen molar-refractivity contribution < 1.29 is 28.8 Å². The first kappa shape index (κ1) is 37.2. The van der Waals surface area contributed by atoms with Gasteiger partial charge in [0.15, 0.2) is 0 Å². The van der Waals surface area contributed by atoms with Gasteiger partial charge in [-0.05, 0) is 74.2 Å². The predicted molar refractivity (Wildman–Crippen MR) is 186 cm³/mol. The van der Waals surface area contributed by atoms with Crippen LogP contribution >= 0.6 is 0 Å². The second-order valence-electron chi connectivity index (χ2n) is 15.8. The van der Waals surface area contributed by atoms with Gasteiger partial charge in [-0.1, -0.05) is 65.9 Å². The van der Waals surface area contributed by atoms with Crippen molar-refractivity contribution in [2.24, 2.45) is 23.2 Å². The summed E-state index contributed by atoms with van der Waals surface area (Å²) in [6.45, 7) is 7.77. The van der Waals surface area contributed by atoms with Gasteiger partial charge in [0.25, 0.3) is 11.8 Å². The Balaban J connectivity index is 1.36. The van der Waals surface area contributed by atoms with E-state index < -0.39 is 70.5 Å². The number of aromatic nitrogens is 1. The minimum atomic E-state index is -1.03. The third kappa shape index (κ3) is 8.81. The lowest BCUT2D eigenvalue weighted by Gasteiger charge is -2.38. The highest BCUT2D eigenvalue weighted by molar-refractivity contribution is 6.38. The van der Waals surface area contributed by atoms with Crippen molar-refractivity contribution in [2.45, 2.75) is 135 Å². The fraction of sp³-hybridized carbons (Fsp3) is 0.703. The van der Waals surface area contributed by atoms with Gasteiger partial charge < -0.3 is 31.2 Å². The maximum Gasteiger partial charge on any atom is 0.289 e. The zero-order valence-corrected chi connectivity index (χ0v) is 29.8. The first-order chi connectivity index (χ1) is 23.8. The standard InChI is InChI=1S/C37H54N6O7/c1-5-11-25(30(45)35(49)38-23-18-19-23)40-34(48)29-24-15-9-14-22(24)20-43(29)36(50)31(37(2,3)4)42-33(47)28(21-12-7-6-8-13-21)41-32(46)26-16-10-17-27(44)39-26/h10,16-17,21-25,28-29,31H,5-9,11-15,18-20H2,1-4H3,(H,38,49)(H,39,44)(H,40,48)(H,41,46)(H,42,47)/t22-,24-,25-,28-,29-,31+/m0/s1. The average molecular weight is 695 g/mol. The van der Waals surface area contributed by atoms with Crippen LogP contribution in [0.15, 0.2) is 23.0 Å². The van der Waals surface area contributed by atoms with E-state index in [1.54, 1.807) is 4.90 Å². The molecule has 0 spiro atoms. The summed E-state index contributed by atoms with van der Waals surface area (Å²) in [7, 11) is 0. The molecule has 2 heterocycles. The SMILES string of the molecule is CCC[C@H](NC(=O)[C@@H]1[C@H]2CCC[C@H]2CN1C(=O)[C@@H](NC(=O)[C@@H](NC(=O)c1cccc(=O)[nH]1)C1CCCCC1)C(C)(C)C)C(=O)C(=O)NC1CC1. The number of pyridine rings is 1. The van der Waals surface area contributed by atoms with Crippen LogP contribution in [0.2, 0.25) is 0 Å². The molecule has 6 atom stereocenters. The Morgan fingerprint density at radius 2 is 1.62 bits per heavy atom. The lowest BCUT2D eigenvalue weighted by atomic mass is 9.82. The number of nitrogens with one attached hydrogen (secondary N) is 5. The van der Waals surface area contributed by atoms with Gasteiger partial charge >= 0.3 is 0 Å². The summed E-state index contributed by atoms with van der Waals surface area (Å²) in [5.74, 6) is -3.46. The van der Waals surface area contributed by atoms with E-state index in [0.29, 0.717) is 19.4 Å². The number of hydrogen-bond donors (Lipinski definition) is 5. The summed E-state index contributed by atoms with van der Waals surface area (Å²) < 4.78 is 0. The third-order valence-electron chi connectivity index (χ3n) is 10.9. The summed E-state index contributed by atoms with van der Waals surface area (Å²) >= 11 is 0. The molecule has 5 amide bonds. The smallest absolute Gasteiger partial charge is 0.289 e. The second kappa shape index (κ2) is 15.9. The topological polar surface area (TPSA) is 187 Å². The number of aromatic amines is 1. The molecule has 13 heteroatoms. The van der Waals surface area contributed by atoms with Gasteiger partial charge in [0.05, 0.1) is 6.04 Å². The first-order valence-corrected chi connectivity index (χ1v) is 18.5. The Kier molecular flexibility index (Phi) is 11.8. The Morgan fingerprint density at radius 1 is 0.900 bits per heavy atom. The van der Waals surface area contributed by atoms with Crippen LogP contribution in [0.3, 0.4) is 0 Å². The molecule has 3 aliphatic carbocycles. The molecule has 274 valence electrons. The van der Waals surface area contributed by atoms with E-state index in [-0.39, 0.29) is 29.5 Å². The minimum absolute atomic E-state index is 0.00422. The average Bonchev–Trinajstić information content (AvgIpc) is 3.65. The van der Waals surface area contributed by atoms with E-state index in [1.165, 1.54) is 18.2 Å². The van der Waals surface area contributed by atoms with Crippen LogP contribution in [0.5, 0.6) is 0 Å². The Labute approximate surface area is 293 Å². The maximum absolute atomic E-state index is 14.6. The fourth-order valence-corrected chi connectivity index (χ4v) is 8.04. The van der Waals surface area contributed by atoms with E-state index in [2.05, 4.69) is 26.3 Å². The number of Topliss-reactive ketones (excluding diaryl/α,β-unsaturated/α-hetero) is 1. The van der Waals surface area contributed by atoms with Crippen molar-refractivity contribution in [2.75, 3.05) is 6.54 Å². The largest absolute Gasteiger partial charge is 0.347 e. The number of fused-ring (bicyclic) bond motifs is 1. The van der Waals surface area contributed by atoms with Gasteiger partial charge in [0.2, 0.25) is 29.1 Å². The molecule has 13 nitrogen and oxygen atoms in total. The number of H-pyrrole nitrogens is 1. The van der Waals surface area contributed by atoms with Gasteiger partial charge in [-0.15, -0.1) is 0 Å². The molecule has 1 aromatic rings. The normalized spacial score (nSPS) is 24.0. The van der Waals surface area contributed by atoms with Gasteiger partial charge in [0.1, 0.15) is 23.8 Å². The Bertz CT molecular complexity index is 1510. The number of amides is 5. The molecule has 0 bridgehead atoms. The van der Waals surface area contributed by atoms with Gasteiger partial charge in [-0.2, -0.15) is 0 Å². The van der Waals surface area contributed by atoms with Crippen LogP contribution in [-0.4, -0.2) is 82.0 Å². The summed E-state index contributed by atoms with van der Waals surface area (Å²) in [6, 6.07) is 0.436. The van der Waals surface area contributed by atoms with Crippen LogP contribution < -0.4 is 26.8 Å². The highest BCUT2D eigenvalue weighted by Crippen LogP contribution is 2.43. The summed E-state index contributed by atoms with van der Waals surface area (Å²) in [4.78, 5) is 97.9. The highest BCUT2D eigenvalue weighted by Gasteiger charge is 2.52. The molecule has 5 rings (SSSR count). The van der Waals surface area contributed by atoms with Crippen molar-refractivity contribution in [1.29, 1.82) is 0 Å². The molecule has 0 unspecified atom stereocenters. The van der Waals surface area contributed by atoms with Gasteiger partial charge in [0, 0.05) is 18.7 Å². The number of carbonyl (C=O) groups excluding carboxylic acids is 6. The first-order valence-electron chi connectivity index (χ1n) is 18.5. The molecular weight excluding hydrogens is 640 g/mol. The van der Waals surface area contributed by atoms with Crippen molar-refractivity contribution in [1.82, 2.24) is 31.2 Å². The second-order valence-corrected chi connectivity index (χ2v) is 15.8. The number of nitrogens with zero attached hydrogens (tertiary/aromatic N) is 1. The van der Waals surface area contributed by atoms with Crippen molar-refractivity contribution in [3.63, 3.8) is 0 Å². The van der Waals surface area contributed by atoms with Crippen molar-refractivity contribution in [3.8, 4) is 0 Å². The fourth-order valence-electron chi connectivity index (χ4n) is 8.04. The highest BCUT2D eigenvalue weighted by atomic mass is 16.2. The van der Waals surface area contributed by atoms with Crippen molar-refractivity contribution >= 4 is 35.3 Å². The number of carbonyl (C=O) groups is 6. The zero-order chi connectivity index (χ0) is 36.2. The molecule has 0 aromatic carbocycles. The van der Waals surface area contributed by atoms with E-state index >= 15 is 0 Å². The van der Waals surface area contributed by atoms with Crippen LogP contribution in [0, 0.1) is 23.2 Å². The molecule has 1 aromatic heterocycles. The number of ketones is 1. The minimum Gasteiger partial charge on any atom is -0.347 e. The van der Waals surface area contributed by atoms with E-state index in [1.807, 2.05) is 27.7 Å². The maximum atomic E-state index is 14.6. The quantitative estimate of drug-likeness (QED) is 0.196. The predicted octanol–water partition coefficient (Wildman–Crippen LogP) is 2.34. The van der Waals surface area contributed by atoms with Crippen LogP contribution in [0.4, 0.5) is 0 Å². The molecule has 4 fully saturated rings. The summed E-state index contributed by atoms with van der Waals surface area (Å²) in [5, 5.41) is 11.4. The molecule has 0 radical (unpaired) electrons. The molecule has 1 aliphatic heterocycles. The summed E-state index contributed by atoms with van der Waals surface area (Å²) in [5.41, 5.74) is -1.16. The summed E-state index contributed by atoms with van der Waals surface area (Å²) in [6.07, 6.45) is 9.38. The number of hydrogen-bond acceptors (Lipinski definition) is 7. The molecule has 50 heavy (non-hydrogen) atoms. The third-order valence-corrected chi connectivity index (χ3v) is 10.9. The van der Waals surface area contributed by atoms with Crippen LogP contribution in [0.25, 0.3) is 0 Å². The van der Waals surface area contributed by atoms with Gasteiger partial charge in [-0.3, -0.25) is 33.6 Å². The number of rotatable bonds is 13. The zero-order valence-electron chi connectivity index (χ0n) is 29.8. The van der Waals surface area contributed by atoms with Crippen molar-refractivity contribution in [3.05, 3.63) is 34.2 Å². The lowest BCUT2D eigenvalue weighted by molar-refractivity contribution is -0.146. The lowest BCUT2D eigenvalue weighted by Crippen LogP contribution is -2.62. The molecule has 4 aliphatic rings. The Morgan fingerprint density at radius 3 is 2.26 bits per heavy atom. The van der Waals surface area contributed by atoms with Crippen LogP contribution in [-0.2, 0) is 24.0 Å². The molecule has 5 N–H and O–H groups in total. The van der Waals surface area contributed by atoms with E-state index in [4.69, 9.17) is 0 Å². The molecule has 3 saturated carbocycles. The Hall–Kier alpha value is -4.03. The van der Waals surface area contributed by atoms with Crippen LogP contribution in [0.1, 0.15) is 115 Å². The number of likely N-dealkylation sites (tertiary alicyclic amines) is 1. The monoisotopic (exact) mass is 694 g/mol. The molecular formula is C37H54N6O7. The van der Waals surface area contributed by atoms with E-state index in [9.17, 15) is 33.6 Å². The van der Waals surface area contributed by atoms with E-state index in [0.717, 1.165) is 64.2 Å². The van der Waals surface area contributed by atoms with Gasteiger partial charge in [-0.25, -0.2) is 0 Å². The molecule has 1 saturated heterocycles.